The zero-order valence-corrected chi connectivity index (χ0v) is 16.4. The van der Waals surface area contributed by atoms with Gasteiger partial charge in [0.1, 0.15) is 5.75 Å². The summed E-state index contributed by atoms with van der Waals surface area (Å²) in [5, 5.41) is 8.80. The Morgan fingerprint density at radius 3 is 2.30 bits per heavy atom. The molecular formula is C18H26N2O6S. The topological polar surface area (TPSA) is 104 Å². The molecule has 0 aromatic heterocycles. The van der Waals surface area contributed by atoms with Crippen molar-refractivity contribution < 1.29 is 27.9 Å². The minimum absolute atomic E-state index is 0.0930. The number of carboxylic acids is 1. The minimum atomic E-state index is -3.61. The molecule has 2 rings (SSSR count). The molecule has 150 valence electrons. The fourth-order valence-electron chi connectivity index (χ4n) is 3.15. The monoisotopic (exact) mass is 398 g/mol. The maximum Gasteiger partial charge on any atom is 0.305 e. The minimum Gasteiger partial charge on any atom is -0.497 e. The van der Waals surface area contributed by atoms with Gasteiger partial charge in [-0.05, 0) is 44.0 Å². The zero-order chi connectivity index (χ0) is 20.0. The van der Waals surface area contributed by atoms with Crippen molar-refractivity contribution in [3.05, 3.63) is 24.3 Å². The van der Waals surface area contributed by atoms with Crippen LogP contribution in [0.3, 0.4) is 0 Å². The van der Waals surface area contributed by atoms with Gasteiger partial charge >= 0.3 is 5.97 Å². The summed E-state index contributed by atoms with van der Waals surface area (Å²) in [5.41, 5.74) is 0. The van der Waals surface area contributed by atoms with E-state index >= 15 is 0 Å². The van der Waals surface area contributed by atoms with E-state index in [9.17, 15) is 18.0 Å². The number of methoxy groups -OCH3 is 1. The molecule has 0 bridgehead atoms. The standard InChI is InChI=1S/C18H26N2O6S/c1-3-19(11-10-17(21)22)18(23)14-8-12-20(13-9-14)27(24,25)16-6-4-15(26-2)5-7-16/h4-7,14H,3,8-13H2,1-2H3,(H,21,22). The fraction of sp³-hybridized carbons (Fsp3) is 0.556. The van der Waals surface area contributed by atoms with Gasteiger partial charge in [0, 0.05) is 32.1 Å². The Hall–Kier alpha value is -2.13. The molecule has 0 aliphatic carbocycles. The summed E-state index contributed by atoms with van der Waals surface area (Å²) in [6.45, 7) is 2.96. The second-order valence-electron chi connectivity index (χ2n) is 6.42. The number of hydrogen-bond donors (Lipinski definition) is 1. The Morgan fingerprint density at radius 1 is 1.22 bits per heavy atom. The van der Waals surface area contributed by atoms with Crippen molar-refractivity contribution in [2.75, 3.05) is 33.3 Å². The lowest BCUT2D eigenvalue weighted by Crippen LogP contribution is -2.44. The average molecular weight is 398 g/mol. The molecule has 1 aromatic carbocycles. The van der Waals surface area contributed by atoms with Gasteiger partial charge in [0.25, 0.3) is 0 Å². The summed E-state index contributed by atoms with van der Waals surface area (Å²) in [6, 6.07) is 6.22. The first kappa shape index (κ1) is 21.2. The summed E-state index contributed by atoms with van der Waals surface area (Å²) in [4.78, 5) is 25.1. The SMILES string of the molecule is CCN(CCC(=O)O)C(=O)C1CCN(S(=O)(=O)c2ccc(OC)cc2)CC1. The van der Waals surface area contributed by atoms with Crippen LogP contribution in [-0.2, 0) is 19.6 Å². The summed E-state index contributed by atoms with van der Waals surface area (Å²) in [7, 11) is -2.09. The first-order valence-electron chi connectivity index (χ1n) is 8.94. The second kappa shape index (κ2) is 9.18. The molecule has 1 heterocycles. The molecule has 0 atom stereocenters. The summed E-state index contributed by atoms with van der Waals surface area (Å²) in [5.74, 6) is -0.734. The third kappa shape index (κ3) is 5.20. The van der Waals surface area contributed by atoms with Crippen molar-refractivity contribution in [3.63, 3.8) is 0 Å². The zero-order valence-electron chi connectivity index (χ0n) is 15.6. The van der Waals surface area contributed by atoms with Gasteiger partial charge in [0.2, 0.25) is 15.9 Å². The summed E-state index contributed by atoms with van der Waals surface area (Å²) in [6.07, 6.45) is 0.764. The number of ether oxygens (including phenoxy) is 1. The van der Waals surface area contributed by atoms with Gasteiger partial charge in [0.05, 0.1) is 18.4 Å². The predicted octanol–water partition coefficient (Wildman–Crippen LogP) is 1.42. The Bertz CT molecular complexity index is 755. The van der Waals surface area contributed by atoms with Crippen LogP contribution < -0.4 is 4.74 Å². The van der Waals surface area contributed by atoms with Gasteiger partial charge in [-0.15, -0.1) is 0 Å². The number of sulfonamides is 1. The quantitative estimate of drug-likeness (QED) is 0.710. The molecule has 1 N–H and O–H groups in total. The number of piperidine rings is 1. The number of carbonyl (C=O) groups excluding carboxylic acids is 1. The number of aliphatic carboxylic acids is 1. The summed E-state index contributed by atoms with van der Waals surface area (Å²) < 4.78 is 32.0. The van der Waals surface area contributed by atoms with Gasteiger partial charge < -0.3 is 14.7 Å². The van der Waals surface area contributed by atoms with E-state index in [1.807, 2.05) is 6.92 Å². The second-order valence-corrected chi connectivity index (χ2v) is 8.35. The molecule has 1 fully saturated rings. The van der Waals surface area contributed by atoms with Gasteiger partial charge in [-0.1, -0.05) is 0 Å². The highest BCUT2D eigenvalue weighted by atomic mass is 32.2. The molecule has 27 heavy (non-hydrogen) atoms. The molecule has 0 radical (unpaired) electrons. The van der Waals surface area contributed by atoms with Crippen molar-refractivity contribution in [1.29, 1.82) is 0 Å². The predicted molar refractivity (Wildman–Crippen MR) is 99.0 cm³/mol. The van der Waals surface area contributed by atoms with E-state index < -0.39 is 16.0 Å². The number of carboxylic acid groups (broad SMARTS) is 1. The molecule has 1 aliphatic rings. The van der Waals surface area contributed by atoms with Crippen molar-refractivity contribution in [2.45, 2.75) is 31.1 Å². The molecule has 0 saturated carbocycles. The van der Waals surface area contributed by atoms with Crippen LogP contribution in [0.15, 0.2) is 29.2 Å². The van der Waals surface area contributed by atoms with E-state index in [0.29, 0.717) is 25.1 Å². The third-order valence-electron chi connectivity index (χ3n) is 4.79. The number of nitrogens with zero attached hydrogens (tertiary/aromatic N) is 2. The van der Waals surface area contributed by atoms with E-state index in [2.05, 4.69) is 0 Å². The molecule has 1 amide bonds. The van der Waals surface area contributed by atoms with Crippen molar-refractivity contribution >= 4 is 21.9 Å². The molecule has 0 unspecified atom stereocenters. The molecule has 1 aromatic rings. The van der Waals surface area contributed by atoms with Crippen LogP contribution in [-0.4, -0.2) is 67.9 Å². The first-order valence-corrected chi connectivity index (χ1v) is 10.4. The van der Waals surface area contributed by atoms with Crippen LogP contribution in [0.25, 0.3) is 0 Å². The molecule has 9 heteroatoms. The first-order chi connectivity index (χ1) is 12.8. The van der Waals surface area contributed by atoms with Crippen LogP contribution in [0.1, 0.15) is 26.2 Å². The number of rotatable bonds is 8. The van der Waals surface area contributed by atoms with Gasteiger partial charge in [-0.25, -0.2) is 8.42 Å². The lowest BCUT2D eigenvalue weighted by Gasteiger charge is -2.33. The molecule has 8 nitrogen and oxygen atoms in total. The lowest BCUT2D eigenvalue weighted by molar-refractivity contribution is -0.140. The van der Waals surface area contributed by atoms with Crippen molar-refractivity contribution in [3.8, 4) is 5.75 Å². The molecular weight excluding hydrogens is 372 g/mol. The highest BCUT2D eigenvalue weighted by molar-refractivity contribution is 7.89. The maximum absolute atomic E-state index is 12.8. The van der Waals surface area contributed by atoms with Crippen LogP contribution in [0.4, 0.5) is 0 Å². The van der Waals surface area contributed by atoms with Gasteiger partial charge in [-0.3, -0.25) is 9.59 Å². The van der Waals surface area contributed by atoms with Crippen molar-refractivity contribution in [2.24, 2.45) is 5.92 Å². The van der Waals surface area contributed by atoms with E-state index in [1.165, 1.54) is 28.4 Å². The van der Waals surface area contributed by atoms with Gasteiger partial charge in [-0.2, -0.15) is 4.31 Å². The molecule has 1 aliphatic heterocycles. The Balaban J connectivity index is 1.98. The molecule has 1 saturated heterocycles. The Labute approximate surface area is 159 Å². The third-order valence-corrected chi connectivity index (χ3v) is 6.70. The largest absolute Gasteiger partial charge is 0.497 e. The van der Waals surface area contributed by atoms with Crippen LogP contribution in [0.2, 0.25) is 0 Å². The Kier molecular flexibility index (Phi) is 7.20. The highest BCUT2D eigenvalue weighted by Gasteiger charge is 2.33. The summed E-state index contributed by atoms with van der Waals surface area (Å²) >= 11 is 0. The number of benzene rings is 1. The molecule has 0 spiro atoms. The fourth-order valence-corrected chi connectivity index (χ4v) is 4.62. The van der Waals surface area contributed by atoms with Gasteiger partial charge in [0.15, 0.2) is 0 Å². The van der Waals surface area contributed by atoms with Crippen molar-refractivity contribution in [1.82, 2.24) is 9.21 Å². The normalized spacial score (nSPS) is 16.1. The van der Waals surface area contributed by atoms with E-state index in [0.717, 1.165) is 0 Å². The highest BCUT2D eigenvalue weighted by Crippen LogP contribution is 2.26. The van der Waals surface area contributed by atoms with Crippen LogP contribution in [0.5, 0.6) is 5.75 Å². The maximum atomic E-state index is 12.8. The van der Waals surface area contributed by atoms with E-state index in [-0.39, 0.29) is 42.8 Å². The Morgan fingerprint density at radius 2 is 1.81 bits per heavy atom. The van der Waals surface area contributed by atoms with Crippen LogP contribution >= 0.6 is 0 Å². The van der Waals surface area contributed by atoms with Crippen LogP contribution in [0, 0.1) is 5.92 Å². The number of hydrogen-bond acceptors (Lipinski definition) is 5. The number of carbonyl (C=O) groups is 2. The number of amides is 1. The van der Waals surface area contributed by atoms with E-state index in [4.69, 9.17) is 9.84 Å². The van der Waals surface area contributed by atoms with E-state index in [1.54, 1.807) is 12.1 Å². The lowest BCUT2D eigenvalue weighted by atomic mass is 9.96. The average Bonchev–Trinajstić information content (AvgIpc) is 2.68. The smallest absolute Gasteiger partial charge is 0.305 e.